The van der Waals surface area contributed by atoms with E-state index in [4.69, 9.17) is 0 Å². The van der Waals surface area contributed by atoms with E-state index < -0.39 is 0 Å². The Bertz CT molecular complexity index is 286. The largest absolute Gasteiger partial charge is 0.314 e. The van der Waals surface area contributed by atoms with Crippen LogP contribution < -0.4 is 5.32 Å². The molecule has 0 bridgehead atoms. The van der Waals surface area contributed by atoms with E-state index in [9.17, 15) is 0 Å². The topological polar surface area (TPSA) is 18.5 Å². The zero-order valence-electron chi connectivity index (χ0n) is 14.8. The lowest BCUT2D eigenvalue weighted by Crippen LogP contribution is -2.53. The van der Waals surface area contributed by atoms with Gasteiger partial charge >= 0.3 is 0 Å². The van der Waals surface area contributed by atoms with Gasteiger partial charge in [0.2, 0.25) is 0 Å². The van der Waals surface area contributed by atoms with Crippen molar-refractivity contribution in [3.63, 3.8) is 0 Å². The fourth-order valence-corrected chi connectivity index (χ4v) is 4.07. The van der Waals surface area contributed by atoms with Crippen molar-refractivity contribution in [2.24, 2.45) is 11.8 Å². The van der Waals surface area contributed by atoms with E-state index >= 15 is 0 Å². The second-order valence-electron chi connectivity index (χ2n) is 7.52. The molecular weight excluding hydrogens is 258 g/mol. The van der Waals surface area contributed by atoms with Crippen LogP contribution in [0.5, 0.6) is 0 Å². The summed E-state index contributed by atoms with van der Waals surface area (Å²) in [5.74, 6) is 1.75. The van der Waals surface area contributed by atoms with Gasteiger partial charge in [-0.25, -0.2) is 0 Å². The third-order valence-electron chi connectivity index (χ3n) is 6.02. The lowest BCUT2D eigenvalue weighted by molar-refractivity contribution is 0.0750. The molecule has 124 valence electrons. The molecule has 3 atom stereocenters. The summed E-state index contributed by atoms with van der Waals surface area (Å²) in [5, 5.41) is 3.75. The molecule has 2 saturated heterocycles. The quantitative estimate of drug-likeness (QED) is 0.813. The van der Waals surface area contributed by atoms with E-state index in [1.54, 1.807) is 0 Å². The van der Waals surface area contributed by atoms with Crippen LogP contribution >= 0.6 is 0 Å². The minimum absolute atomic E-state index is 0.736. The number of hydrogen-bond donors (Lipinski definition) is 1. The first kappa shape index (κ1) is 17.2. The smallest absolute Gasteiger partial charge is 0.0120 e. The van der Waals surface area contributed by atoms with Crippen molar-refractivity contribution in [2.45, 2.75) is 65.0 Å². The molecule has 0 aromatic heterocycles. The summed E-state index contributed by atoms with van der Waals surface area (Å²) < 4.78 is 0. The summed E-state index contributed by atoms with van der Waals surface area (Å²) in [5.41, 5.74) is 0. The summed E-state index contributed by atoms with van der Waals surface area (Å²) in [6.45, 7) is 13.5. The minimum atomic E-state index is 0.736. The standard InChI is InChI=1S/C18H37N3/c1-5-10-19-18-9-14-21(16(3)15(18)2)13-8-17-6-11-20(4)12-7-17/h15-19H,5-14H2,1-4H3. The number of rotatable bonds is 6. The van der Waals surface area contributed by atoms with Crippen LogP contribution in [0.3, 0.4) is 0 Å². The lowest BCUT2D eigenvalue weighted by atomic mass is 9.86. The van der Waals surface area contributed by atoms with Crippen LogP contribution in [0.15, 0.2) is 0 Å². The van der Waals surface area contributed by atoms with Gasteiger partial charge in [-0.05, 0) is 90.6 Å². The normalized spacial score (nSPS) is 33.4. The van der Waals surface area contributed by atoms with Gasteiger partial charge in [0.1, 0.15) is 0 Å². The maximum atomic E-state index is 3.75. The second-order valence-corrected chi connectivity index (χ2v) is 7.52. The van der Waals surface area contributed by atoms with E-state index in [0.717, 1.165) is 23.9 Å². The molecule has 0 aromatic rings. The predicted molar refractivity (Wildman–Crippen MR) is 91.7 cm³/mol. The highest BCUT2D eigenvalue weighted by Gasteiger charge is 2.32. The van der Waals surface area contributed by atoms with Crippen molar-refractivity contribution in [1.82, 2.24) is 15.1 Å². The van der Waals surface area contributed by atoms with Gasteiger partial charge in [-0.1, -0.05) is 13.8 Å². The molecule has 0 aromatic carbocycles. The average Bonchev–Trinajstić information content (AvgIpc) is 2.49. The second kappa shape index (κ2) is 8.50. The molecule has 2 aliphatic rings. The molecule has 2 aliphatic heterocycles. The Kier molecular flexibility index (Phi) is 6.97. The van der Waals surface area contributed by atoms with Crippen molar-refractivity contribution in [3.05, 3.63) is 0 Å². The van der Waals surface area contributed by atoms with Gasteiger partial charge in [-0.3, -0.25) is 0 Å². The summed E-state index contributed by atoms with van der Waals surface area (Å²) in [4.78, 5) is 5.24. The molecule has 3 nitrogen and oxygen atoms in total. The van der Waals surface area contributed by atoms with Crippen LogP contribution in [0.4, 0.5) is 0 Å². The third-order valence-corrected chi connectivity index (χ3v) is 6.02. The van der Waals surface area contributed by atoms with E-state index in [0.29, 0.717) is 0 Å². The first-order chi connectivity index (χ1) is 10.1. The first-order valence-corrected chi connectivity index (χ1v) is 9.27. The molecule has 1 N–H and O–H groups in total. The molecule has 0 spiro atoms. The maximum Gasteiger partial charge on any atom is 0.0120 e. The molecule has 0 aliphatic carbocycles. The molecule has 0 radical (unpaired) electrons. The molecule has 2 rings (SSSR count). The monoisotopic (exact) mass is 295 g/mol. The summed E-state index contributed by atoms with van der Waals surface area (Å²) in [6.07, 6.45) is 6.82. The highest BCUT2D eigenvalue weighted by molar-refractivity contribution is 4.89. The number of piperidine rings is 2. The molecule has 2 heterocycles. The fraction of sp³-hybridized carbons (Fsp3) is 1.00. The molecule has 21 heavy (non-hydrogen) atoms. The molecule has 3 unspecified atom stereocenters. The molecule has 2 fully saturated rings. The van der Waals surface area contributed by atoms with E-state index in [-0.39, 0.29) is 0 Å². The number of hydrogen-bond acceptors (Lipinski definition) is 3. The molecule has 0 amide bonds. The summed E-state index contributed by atoms with van der Waals surface area (Å²) in [7, 11) is 2.26. The van der Waals surface area contributed by atoms with Crippen LogP contribution in [0.1, 0.15) is 52.9 Å². The van der Waals surface area contributed by atoms with Gasteiger partial charge in [0.25, 0.3) is 0 Å². The van der Waals surface area contributed by atoms with Gasteiger partial charge in [-0.15, -0.1) is 0 Å². The van der Waals surface area contributed by atoms with Crippen LogP contribution in [-0.4, -0.2) is 61.7 Å². The zero-order chi connectivity index (χ0) is 15.2. The number of likely N-dealkylation sites (tertiary alicyclic amines) is 2. The minimum Gasteiger partial charge on any atom is -0.314 e. The van der Waals surface area contributed by atoms with Crippen LogP contribution in [0.2, 0.25) is 0 Å². The van der Waals surface area contributed by atoms with Crippen molar-refractivity contribution in [2.75, 3.05) is 39.8 Å². The van der Waals surface area contributed by atoms with Crippen LogP contribution in [-0.2, 0) is 0 Å². The SMILES string of the molecule is CCCNC1CCN(CCC2CCN(C)CC2)C(C)C1C. The predicted octanol–water partition coefficient (Wildman–Crippen LogP) is 2.82. The zero-order valence-corrected chi connectivity index (χ0v) is 14.8. The Morgan fingerprint density at radius 1 is 1.05 bits per heavy atom. The van der Waals surface area contributed by atoms with Crippen molar-refractivity contribution in [1.29, 1.82) is 0 Å². The van der Waals surface area contributed by atoms with E-state index in [2.05, 4.69) is 42.9 Å². The van der Waals surface area contributed by atoms with Crippen molar-refractivity contribution >= 4 is 0 Å². The fourth-order valence-electron chi connectivity index (χ4n) is 4.07. The first-order valence-electron chi connectivity index (χ1n) is 9.27. The van der Waals surface area contributed by atoms with Crippen LogP contribution in [0, 0.1) is 11.8 Å². The Labute approximate surface area is 132 Å². The van der Waals surface area contributed by atoms with Crippen molar-refractivity contribution in [3.8, 4) is 0 Å². The number of nitrogens with zero attached hydrogens (tertiary/aromatic N) is 2. The molecule has 3 heteroatoms. The molecular formula is C18H37N3. The van der Waals surface area contributed by atoms with Gasteiger partial charge < -0.3 is 15.1 Å². The Hall–Kier alpha value is -0.120. The van der Waals surface area contributed by atoms with Gasteiger partial charge in [-0.2, -0.15) is 0 Å². The van der Waals surface area contributed by atoms with E-state index in [1.165, 1.54) is 64.8 Å². The highest BCUT2D eigenvalue weighted by atomic mass is 15.2. The van der Waals surface area contributed by atoms with Crippen LogP contribution in [0.25, 0.3) is 0 Å². The van der Waals surface area contributed by atoms with Gasteiger partial charge in [0.15, 0.2) is 0 Å². The third kappa shape index (κ3) is 4.94. The van der Waals surface area contributed by atoms with E-state index in [1.807, 2.05) is 0 Å². The maximum absolute atomic E-state index is 3.75. The average molecular weight is 296 g/mol. The Morgan fingerprint density at radius 3 is 2.43 bits per heavy atom. The van der Waals surface area contributed by atoms with Crippen molar-refractivity contribution < 1.29 is 0 Å². The summed E-state index contributed by atoms with van der Waals surface area (Å²) >= 11 is 0. The number of nitrogens with one attached hydrogen (secondary N) is 1. The summed E-state index contributed by atoms with van der Waals surface area (Å²) in [6, 6.07) is 1.47. The molecule has 0 saturated carbocycles. The van der Waals surface area contributed by atoms with Gasteiger partial charge in [0.05, 0.1) is 0 Å². The highest BCUT2D eigenvalue weighted by Crippen LogP contribution is 2.26. The Morgan fingerprint density at radius 2 is 1.76 bits per heavy atom. The lowest BCUT2D eigenvalue weighted by Gasteiger charge is -2.44. The Balaban J connectivity index is 1.72. The van der Waals surface area contributed by atoms with Gasteiger partial charge in [0, 0.05) is 12.1 Å².